The van der Waals surface area contributed by atoms with Crippen LogP contribution in [-0.4, -0.2) is 40.5 Å². The van der Waals surface area contributed by atoms with Crippen LogP contribution in [0.25, 0.3) is 0 Å². The van der Waals surface area contributed by atoms with Crippen molar-refractivity contribution in [1.82, 2.24) is 10.2 Å². The van der Waals surface area contributed by atoms with Crippen LogP contribution in [0.5, 0.6) is 0 Å². The molecule has 1 fully saturated rings. The van der Waals surface area contributed by atoms with Crippen LogP contribution in [0.2, 0.25) is 0 Å². The highest BCUT2D eigenvalue weighted by atomic mass is 16.6. The van der Waals surface area contributed by atoms with E-state index in [1.807, 2.05) is 77.1 Å². The number of alkyl carbamates (subject to hydrolysis) is 1. The normalized spacial score (nSPS) is 15.9. The summed E-state index contributed by atoms with van der Waals surface area (Å²) in [5.74, 6) is -0.680. The van der Waals surface area contributed by atoms with Gasteiger partial charge in [-0.15, -0.1) is 0 Å². The number of anilines is 1. The van der Waals surface area contributed by atoms with Gasteiger partial charge in [-0.25, -0.2) is 4.79 Å². The van der Waals surface area contributed by atoms with Crippen molar-refractivity contribution < 1.29 is 19.1 Å². The van der Waals surface area contributed by atoms with Crippen molar-refractivity contribution in [2.45, 2.75) is 105 Å². The first-order valence-electron chi connectivity index (χ1n) is 14.1. The number of benzene rings is 2. The standard InChI is InChI=1S/C32H45N3O4/c1-9-20(2)27(34-31(38)39-32(6,7)8)30(37)35(24-17-13-18-24)28(26-22(4)15-12-16-23(26)5)29(36)33-25-19-11-10-14-21(25)3/h10-12,14-16,19-20,24,27-28H,9,13,17-18H2,1-8H3,(H,33,36)(H,34,38). The lowest BCUT2D eigenvalue weighted by molar-refractivity contribution is -0.147. The van der Waals surface area contributed by atoms with Crippen LogP contribution in [0.15, 0.2) is 42.5 Å². The third-order valence-electron chi connectivity index (χ3n) is 7.62. The van der Waals surface area contributed by atoms with Crippen molar-refractivity contribution in [2.75, 3.05) is 5.32 Å². The molecule has 2 aromatic carbocycles. The molecule has 39 heavy (non-hydrogen) atoms. The number of ether oxygens (including phenoxy) is 1. The lowest BCUT2D eigenvalue weighted by Gasteiger charge is -2.45. The van der Waals surface area contributed by atoms with Crippen LogP contribution in [-0.2, 0) is 14.3 Å². The molecule has 212 valence electrons. The fourth-order valence-corrected chi connectivity index (χ4v) is 5.03. The van der Waals surface area contributed by atoms with Gasteiger partial charge >= 0.3 is 6.09 Å². The first-order chi connectivity index (χ1) is 18.3. The predicted molar refractivity (Wildman–Crippen MR) is 156 cm³/mol. The number of aryl methyl sites for hydroxylation is 3. The molecule has 0 radical (unpaired) electrons. The summed E-state index contributed by atoms with van der Waals surface area (Å²) in [5.41, 5.74) is 3.66. The van der Waals surface area contributed by atoms with E-state index in [2.05, 4.69) is 10.6 Å². The molecule has 1 aliphatic carbocycles. The molecule has 1 aliphatic rings. The van der Waals surface area contributed by atoms with Crippen LogP contribution in [0.4, 0.5) is 10.5 Å². The molecule has 3 atom stereocenters. The van der Waals surface area contributed by atoms with Crippen molar-refractivity contribution in [3.05, 3.63) is 64.7 Å². The molecule has 0 saturated heterocycles. The first kappa shape index (κ1) is 30.2. The Bertz CT molecular complexity index is 1160. The molecule has 2 aromatic rings. The van der Waals surface area contributed by atoms with Gasteiger partial charge in [0.25, 0.3) is 5.91 Å². The minimum Gasteiger partial charge on any atom is -0.444 e. The van der Waals surface area contributed by atoms with E-state index >= 15 is 0 Å². The molecule has 3 amide bonds. The average molecular weight is 536 g/mol. The lowest BCUT2D eigenvalue weighted by atomic mass is 9.85. The van der Waals surface area contributed by atoms with Gasteiger partial charge in [0.1, 0.15) is 17.7 Å². The topological polar surface area (TPSA) is 87.7 Å². The summed E-state index contributed by atoms with van der Waals surface area (Å²) in [6.45, 7) is 15.2. The Morgan fingerprint density at radius 3 is 2.08 bits per heavy atom. The Hall–Kier alpha value is -3.35. The number of hydrogen-bond donors (Lipinski definition) is 2. The van der Waals surface area contributed by atoms with E-state index in [4.69, 9.17) is 4.74 Å². The van der Waals surface area contributed by atoms with Gasteiger partial charge in [-0.1, -0.05) is 56.7 Å². The molecule has 0 heterocycles. The van der Waals surface area contributed by atoms with Gasteiger partial charge in [0.05, 0.1) is 0 Å². The number of hydrogen-bond acceptors (Lipinski definition) is 4. The number of nitrogens with one attached hydrogen (secondary N) is 2. The number of carbonyl (C=O) groups excluding carboxylic acids is 3. The maximum Gasteiger partial charge on any atom is 0.408 e. The second-order valence-corrected chi connectivity index (χ2v) is 11.9. The Labute approximate surface area is 233 Å². The number of rotatable bonds is 9. The zero-order valence-electron chi connectivity index (χ0n) is 24.8. The molecule has 7 nitrogen and oxygen atoms in total. The molecule has 0 aliphatic heterocycles. The maximum atomic E-state index is 14.5. The minimum absolute atomic E-state index is 0.101. The number of para-hydroxylation sites is 1. The molecular formula is C32H45N3O4. The van der Waals surface area contributed by atoms with E-state index in [9.17, 15) is 14.4 Å². The molecule has 2 N–H and O–H groups in total. The van der Waals surface area contributed by atoms with Gasteiger partial charge in [0.15, 0.2) is 0 Å². The maximum absolute atomic E-state index is 14.5. The highest BCUT2D eigenvalue weighted by molar-refractivity contribution is 6.00. The van der Waals surface area contributed by atoms with Gasteiger partial charge in [0.2, 0.25) is 5.91 Å². The second kappa shape index (κ2) is 12.7. The number of nitrogens with zero attached hydrogens (tertiary/aromatic N) is 1. The summed E-state index contributed by atoms with van der Waals surface area (Å²) in [4.78, 5) is 43.3. The van der Waals surface area contributed by atoms with Gasteiger partial charge in [-0.05, 0) is 95.0 Å². The third kappa shape index (κ3) is 7.40. The van der Waals surface area contributed by atoms with E-state index in [-0.39, 0.29) is 23.8 Å². The van der Waals surface area contributed by atoms with Crippen LogP contribution in [0.1, 0.15) is 88.6 Å². The average Bonchev–Trinajstić information content (AvgIpc) is 2.82. The van der Waals surface area contributed by atoms with Crippen LogP contribution >= 0.6 is 0 Å². The first-order valence-corrected chi connectivity index (χ1v) is 14.1. The molecule has 3 rings (SSSR count). The molecule has 0 spiro atoms. The van der Waals surface area contributed by atoms with Gasteiger partial charge in [0, 0.05) is 11.7 Å². The van der Waals surface area contributed by atoms with Crippen LogP contribution < -0.4 is 10.6 Å². The zero-order valence-corrected chi connectivity index (χ0v) is 24.8. The van der Waals surface area contributed by atoms with Gasteiger partial charge < -0.3 is 20.3 Å². The minimum atomic E-state index is -0.851. The van der Waals surface area contributed by atoms with Gasteiger partial charge in [-0.2, -0.15) is 0 Å². The molecule has 7 heteroatoms. The van der Waals surface area contributed by atoms with E-state index in [1.165, 1.54) is 0 Å². The van der Waals surface area contributed by atoms with Crippen LogP contribution in [0, 0.1) is 26.7 Å². The molecule has 1 saturated carbocycles. The van der Waals surface area contributed by atoms with Crippen molar-refractivity contribution in [3.63, 3.8) is 0 Å². The zero-order chi connectivity index (χ0) is 28.9. The van der Waals surface area contributed by atoms with E-state index in [0.29, 0.717) is 12.1 Å². The van der Waals surface area contributed by atoms with Crippen molar-refractivity contribution in [3.8, 4) is 0 Å². The fourth-order valence-electron chi connectivity index (χ4n) is 5.03. The number of carbonyl (C=O) groups is 3. The Morgan fingerprint density at radius 1 is 0.974 bits per heavy atom. The smallest absolute Gasteiger partial charge is 0.408 e. The van der Waals surface area contributed by atoms with Crippen molar-refractivity contribution in [1.29, 1.82) is 0 Å². The second-order valence-electron chi connectivity index (χ2n) is 11.9. The highest BCUT2D eigenvalue weighted by Crippen LogP contribution is 2.37. The number of amides is 3. The molecule has 0 aromatic heterocycles. The summed E-state index contributed by atoms with van der Waals surface area (Å²) in [6.07, 6.45) is 2.65. The quantitative estimate of drug-likeness (QED) is 0.378. The summed E-state index contributed by atoms with van der Waals surface area (Å²) < 4.78 is 5.52. The lowest BCUT2D eigenvalue weighted by Crippen LogP contribution is -2.58. The SMILES string of the molecule is CCC(C)C(NC(=O)OC(C)(C)C)C(=O)N(C1CCC1)C(C(=O)Nc1ccccc1C)c1c(C)cccc1C. The van der Waals surface area contributed by atoms with Crippen molar-refractivity contribution in [2.24, 2.45) is 5.92 Å². The van der Waals surface area contributed by atoms with Gasteiger partial charge in [-0.3, -0.25) is 9.59 Å². The van der Waals surface area contributed by atoms with Crippen LogP contribution in [0.3, 0.4) is 0 Å². The molecule has 0 bridgehead atoms. The summed E-state index contributed by atoms with van der Waals surface area (Å²) in [6, 6.07) is 11.8. The summed E-state index contributed by atoms with van der Waals surface area (Å²) >= 11 is 0. The summed E-state index contributed by atoms with van der Waals surface area (Å²) in [7, 11) is 0. The predicted octanol–water partition coefficient (Wildman–Crippen LogP) is 6.61. The monoisotopic (exact) mass is 535 g/mol. The molecule has 3 unspecified atom stereocenters. The molecular weight excluding hydrogens is 490 g/mol. The Kier molecular flexibility index (Phi) is 9.81. The van der Waals surface area contributed by atoms with E-state index < -0.39 is 23.8 Å². The Morgan fingerprint density at radius 2 is 1.56 bits per heavy atom. The fraction of sp³-hybridized carbons (Fsp3) is 0.531. The van der Waals surface area contributed by atoms with E-state index in [0.717, 1.165) is 41.5 Å². The highest BCUT2D eigenvalue weighted by Gasteiger charge is 2.44. The van der Waals surface area contributed by atoms with Crippen molar-refractivity contribution >= 4 is 23.6 Å². The summed E-state index contributed by atoms with van der Waals surface area (Å²) in [5, 5.41) is 5.97. The van der Waals surface area contributed by atoms with E-state index in [1.54, 1.807) is 25.7 Å². The third-order valence-corrected chi connectivity index (χ3v) is 7.62. The Balaban J connectivity index is 2.10. The largest absolute Gasteiger partial charge is 0.444 e.